The Kier molecular flexibility index (Phi) is 5.24. The van der Waals surface area contributed by atoms with Crippen LogP contribution in [0, 0.1) is 11.3 Å². The summed E-state index contributed by atoms with van der Waals surface area (Å²) in [5.41, 5.74) is 2.12. The number of aromatic nitrogens is 4. The Balaban J connectivity index is 1.72. The van der Waals surface area contributed by atoms with Crippen molar-refractivity contribution in [2.24, 2.45) is 7.05 Å². The second-order valence-electron chi connectivity index (χ2n) is 7.27. The molecule has 0 aliphatic rings. The second-order valence-corrected chi connectivity index (χ2v) is 8.19. The van der Waals surface area contributed by atoms with Gasteiger partial charge in [-0.25, -0.2) is 4.98 Å². The molecule has 5 aromatic rings. The van der Waals surface area contributed by atoms with Crippen LogP contribution in [0.15, 0.2) is 82.2 Å². The van der Waals surface area contributed by atoms with Gasteiger partial charge >= 0.3 is 0 Å². The van der Waals surface area contributed by atoms with Crippen molar-refractivity contribution in [3.8, 4) is 17.7 Å². The van der Waals surface area contributed by atoms with Crippen LogP contribution in [0.25, 0.3) is 28.3 Å². The average Bonchev–Trinajstić information content (AvgIpc) is 3.17. The number of halogens is 1. The maximum atomic E-state index is 13.4. The Morgan fingerprint density at radius 1 is 1.06 bits per heavy atom. The van der Waals surface area contributed by atoms with Crippen LogP contribution in [-0.2, 0) is 7.05 Å². The van der Waals surface area contributed by atoms with Crippen molar-refractivity contribution >= 4 is 44.3 Å². The summed E-state index contributed by atoms with van der Waals surface area (Å²) in [6.45, 7) is 0. The van der Waals surface area contributed by atoms with E-state index in [9.17, 15) is 10.1 Å². The predicted molar refractivity (Wildman–Crippen MR) is 130 cm³/mol. The molecule has 160 valence electrons. The van der Waals surface area contributed by atoms with Crippen LogP contribution in [0.2, 0.25) is 0 Å². The van der Waals surface area contributed by atoms with Crippen LogP contribution in [0.1, 0.15) is 11.4 Å². The van der Waals surface area contributed by atoms with E-state index >= 15 is 0 Å². The van der Waals surface area contributed by atoms with Crippen molar-refractivity contribution in [3.05, 3.63) is 99.1 Å². The van der Waals surface area contributed by atoms with Crippen molar-refractivity contribution in [2.75, 3.05) is 0 Å². The Morgan fingerprint density at radius 2 is 1.82 bits per heavy atom. The smallest absolute Gasteiger partial charge is 0.269 e. The molecule has 0 aliphatic heterocycles. The number of hydrogen-bond acceptors (Lipinski definition) is 5. The number of pyridine rings is 1. The molecule has 5 rings (SSSR count). The zero-order valence-electron chi connectivity index (χ0n) is 17.4. The van der Waals surface area contributed by atoms with Crippen LogP contribution in [-0.4, -0.2) is 18.9 Å². The zero-order valence-corrected chi connectivity index (χ0v) is 19.0. The quantitative estimate of drug-likeness (QED) is 0.318. The molecule has 3 heterocycles. The number of ether oxygens (including phenoxy) is 1. The van der Waals surface area contributed by atoms with E-state index < -0.39 is 0 Å². The van der Waals surface area contributed by atoms with E-state index in [1.807, 2.05) is 48.0 Å². The molecular weight excluding hydrogens is 482 g/mol. The van der Waals surface area contributed by atoms with Crippen LogP contribution in [0.4, 0.5) is 0 Å². The van der Waals surface area contributed by atoms with Gasteiger partial charge in [-0.05, 0) is 54.6 Å². The molecule has 0 atom stereocenters. The number of para-hydroxylation sites is 2. The Bertz CT molecular complexity index is 1640. The normalized spacial score (nSPS) is 11.6. The molecule has 0 saturated heterocycles. The van der Waals surface area contributed by atoms with Crippen molar-refractivity contribution in [1.29, 1.82) is 5.26 Å². The van der Waals surface area contributed by atoms with E-state index in [2.05, 4.69) is 32.0 Å². The molecule has 0 N–H and O–H groups in total. The highest BCUT2D eigenvalue weighted by Gasteiger charge is 2.18. The third kappa shape index (κ3) is 3.79. The summed E-state index contributed by atoms with van der Waals surface area (Å²) >= 11 is 3.40. The molecule has 33 heavy (non-hydrogen) atoms. The lowest BCUT2D eigenvalue weighted by atomic mass is 10.1. The van der Waals surface area contributed by atoms with Gasteiger partial charge < -0.3 is 9.30 Å². The topological polar surface area (TPSA) is 85.2 Å². The van der Waals surface area contributed by atoms with Gasteiger partial charge in [-0.1, -0.05) is 34.1 Å². The van der Waals surface area contributed by atoms with Gasteiger partial charge in [0, 0.05) is 17.7 Å². The van der Waals surface area contributed by atoms with Crippen molar-refractivity contribution in [3.63, 3.8) is 0 Å². The Hall–Kier alpha value is -4.22. The molecule has 3 aromatic heterocycles. The van der Waals surface area contributed by atoms with Crippen LogP contribution < -0.4 is 10.3 Å². The molecule has 2 aromatic carbocycles. The van der Waals surface area contributed by atoms with Gasteiger partial charge in [0.05, 0.1) is 16.6 Å². The van der Waals surface area contributed by atoms with Gasteiger partial charge in [0.15, 0.2) is 5.82 Å². The minimum atomic E-state index is -0.348. The van der Waals surface area contributed by atoms with Gasteiger partial charge in [0.1, 0.15) is 23.0 Å². The van der Waals surface area contributed by atoms with Crippen molar-refractivity contribution < 1.29 is 4.74 Å². The summed E-state index contributed by atoms with van der Waals surface area (Å²) in [5, 5.41) is 9.96. The number of imidazole rings is 1. The van der Waals surface area contributed by atoms with Gasteiger partial charge in [0.25, 0.3) is 5.56 Å². The highest BCUT2D eigenvalue weighted by Crippen LogP contribution is 2.27. The van der Waals surface area contributed by atoms with Gasteiger partial charge in [-0.3, -0.25) is 9.20 Å². The second kappa shape index (κ2) is 8.37. The van der Waals surface area contributed by atoms with Gasteiger partial charge in [-0.2, -0.15) is 10.2 Å². The maximum absolute atomic E-state index is 13.4. The number of fused-ring (bicyclic) bond motifs is 2. The summed E-state index contributed by atoms with van der Waals surface area (Å²) in [4.78, 5) is 22.5. The van der Waals surface area contributed by atoms with Crippen LogP contribution in [0.5, 0.6) is 11.6 Å². The Labute approximate surface area is 197 Å². The lowest BCUT2D eigenvalue weighted by Gasteiger charge is -2.10. The highest BCUT2D eigenvalue weighted by atomic mass is 79.9. The summed E-state index contributed by atoms with van der Waals surface area (Å²) in [7, 11) is 1.83. The van der Waals surface area contributed by atoms with E-state index in [1.54, 1.807) is 36.5 Å². The maximum Gasteiger partial charge on any atom is 0.269 e. The molecule has 0 spiro atoms. The summed E-state index contributed by atoms with van der Waals surface area (Å²) in [6.07, 6.45) is 3.12. The first-order valence-corrected chi connectivity index (χ1v) is 10.8. The van der Waals surface area contributed by atoms with Crippen LogP contribution in [0.3, 0.4) is 0 Å². The number of allylic oxidation sites excluding steroid dienone is 1. The van der Waals surface area contributed by atoms with Gasteiger partial charge in [-0.15, -0.1) is 0 Å². The molecule has 7 nitrogen and oxygen atoms in total. The number of benzene rings is 2. The molecular formula is C25H16BrN5O2. The third-order valence-corrected chi connectivity index (χ3v) is 5.73. The van der Waals surface area contributed by atoms with Crippen molar-refractivity contribution in [1.82, 2.24) is 18.9 Å². The fourth-order valence-electron chi connectivity index (χ4n) is 3.58. The predicted octanol–water partition coefficient (Wildman–Crippen LogP) is 5.20. The molecule has 0 radical (unpaired) electrons. The number of rotatable bonds is 4. The average molecular weight is 498 g/mol. The van der Waals surface area contributed by atoms with E-state index in [0.29, 0.717) is 17.2 Å². The Morgan fingerprint density at radius 3 is 2.58 bits per heavy atom. The fourth-order valence-corrected chi connectivity index (χ4v) is 3.84. The molecule has 0 fully saturated rings. The van der Waals surface area contributed by atoms with E-state index in [1.165, 1.54) is 10.5 Å². The first-order chi connectivity index (χ1) is 16.0. The standard InChI is InChI=1S/C25H16BrN5O2/c1-30-21-7-3-2-6-20(21)28-23(30)16(15-27)14-19-24(33-18-11-9-17(26)10-12-18)29-22-8-4-5-13-31(22)25(19)32/h2-14H,1H3/b16-14+. The minimum Gasteiger partial charge on any atom is -0.438 e. The first-order valence-electron chi connectivity index (χ1n) is 10.0. The largest absolute Gasteiger partial charge is 0.438 e. The van der Waals surface area contributed by atoms with E-state index in [4.69, 9.17) is 4.74 Å². The van der Waals surface area contributed by atoms with E-state index in [0.717, 1.165) is 15.5 Å². The lowest BCUT2D eigenvalue weighted by molar-refractivity contribution is 0.461. The molecule has 8 heteroatoms. The minimum absolute atomic E-state index is 0.111. The SMILES string of the molecule is Cn1c(/C(C#N)=C/c2c(Oc3ccc(Br)cc3)nc3ccccn3c2=O)nc2ccccc21. The lowest BCUT2D eigenvalue weighted by Crippen LogP contribution is -2.18. The third-order valence-electron chi connectivity index (χ3n) is 5.20. The van der Waals surface area contributed by atoms with Gasteiger partial charge in [0.2, 0.25) is 5.88 Å². The molecule has 0 bridgehead atoms. The number of nitrogens with zero attached hydrogens (tertiary/aromatic N) is 5. The zero-order chi connectivity index (χ0) is 22.9. The summed E-state index contributed by atoms with van der Waals surface area (Å²) in [5.74, 6) is 1.08. The number of nitriles is 1. The molecule has 0 aliphatic carbocycles. The molecule has 0 unspecified atom stereocenters. The number of aryl methyl sites for hydroxylation is 1. The van der Waals surface area contributed by atoms with Crippen molar-refractivity contribution in [2.45, 2.75) is 0 Å². The monoisotopic (exact) mass is 497 g/mol. The summed E-state index contributed by atoms with van der Waals surface area (Å²) in [6, 6.07) is 22.2. The summed E-state index contributed by atoms with van der Waals surface area (Å²) < 4.78 is 10.1. The fraction of sp³-hybridized carbons (Fsp3) is 0.0400. The number of hydrogen-bond donors (Lipinski definition) is 0. The van der Waals surface area contributed by atoms with Crippen LogP contribution >= 0.6 is 15.9 Å². The first kappa shape index (κ1) is 20.7. The molecule has 0 saturated carbocycles. The molecule has 0 amide bonds. The van der Waals surface area contributed by atoms with E-state index in [-0.39, 0.29) is 22.6 Å². The highest BCUT2D eigenvalue weighted by molar-refractivity contribution is 9.10.